The van der Waals surface area contributed by atoms with E-state index in [0.29, 0.717) is 6.54 Å². The molecule has 0 aliphatic carbocycles. The highest BCUT2D eigenvalue weighted by Gasteiger charge is 2.44. The normalized spacial score (nSPS) is 22.1. The smallest absolute Gasteiger partial charge is 0.271 e. The van der Waals surface area contributed by atoms with Crippen LogP contribution in [0.1, 0.15) is 27.7 Å². The molecule has 0 radical (unpaired) electrons. The second-order valence-electron chi connectivity index (χ2n) is 7.45. The second kappa shape index (κ2) is 6.35. The maximum atomic E-state index is 13.1. The fraction of sp³-hybridized carbons (Fsp3) is 0.350. The molecule has 5 rings (SSSR count). The minimum absolute atomic E-state index is 0.105. The molecule has 138 valence electrons. The molecule has 1 saturated heterocycles. The van der Waals surface area contributed by atoms with Crippen molar-refractivity contribution in [3.8, 4) is 0 Å². The molecule has 2 aliphatic heterocycles. The van der Waals surface area contributed by atoms with Crippen LogP contribution in [0, 0.1) is 0 Å². The maximum Gasteiger partial charge on any atom is 0.271 e. The van der Waals surface area contributed by atoms with Gasteiger partial charge in [-0.25, -0.2) is 0 Å². The third-order valence-electron chi connectivity index (χ3n) is 5.59. The van der Waals surface area contributed by atoms with Crippen molar-refractivity contribution in [2.24, 2.45) is 7.05 Å². The van der Waals surface area contributed by atoms with E-state index < -0.39 is 0 Å². The number of nitrogens with zero attached hydrogens (tertiary/aromatic N) is 6. The van der Waals surface area contributed by atoms with Crippen molar-refractivity contribution >= 4 is 5.91 Å². The van der Waals surface area contributed by atoms with Crippen LogP contribution >= 0.6 is 0 Å². The Balaban J connectivity index is 1.43. The van der Waals surface area contributed by atoms with Crippen LogP contribution < -0.4 is 0 Å². The van der Waals surface area contributed by atoms with Gasteiger partial charge < -0.3 is 9.47 Å². The van der Waals surface area contributed by atoms with Gasteiger partial charge in [0, 0.05) is 63.6 Å². The van der Waals surface area contributed by atoms with Crippen molar-refractivity contribution in [1.29, 1.82) is 0 Å². The number of likely N-dealkylation sites (tertiary alicyclic amines) is 1. The number of fused-ring (bicyclic) bond motifs is 3. The summed E-state index contributed by atoms with van der Waals surface area (Å²) in [5.74, 6) is 0.105. The van der Waals surface area contributed by atoms with Crippen molar-refractivity contribution in [3.05, 3.63) is 72.1 Å². The summed E-state index contributed by atoms with van der Waals surface area (Å²) in [5.41, 5.74) is 3.05. The topological polar surface area (TPSA) is 59.2 Å². The Morgan fingerprint density at radius 1 is 1.07 bits per heavy atom. The van der Waals surface area contributed by atoms with Crippen molar-refractivity contribution in [2.75, 3.05) is 13.1 Å². The van der Waals surface area contributed by atoms with Crippen molar-refractivity contribution < 1.29 is 4.79 Å². The van der Waals surface area contributed by atoms with Gasteiger partial charge in [-0.05, 0) is 23.8 Å². The van der Waals surface area contributed by atoms with E-state index in [1.807, 2.05) is 59.5 Å². The molecule has 1 amide bonds. The van der Waals surface area contributed by atoms with Gasteiger partial charge in [-0.1, -0.05) is 6.07 Å². The average Bonchev–Trinajstić information content (AvgIpc) is 3.39. The van der Waals surface area contributed by atoms with Crippen molar-refractivity contribution in [3.63, 3.8) is 0 Å². The number of aromatic nitrogens is 4. The van der Waals surface area contributed by atoms with E-state index in [1.165, 1.54) is 5.56 Å². The summed E-state index contributed by atoms with van der Waals surface area (Å²) in [6, 6.07) is 8.30. The molecule has 0 aromatic carbocycles. The molecule has 0 unspecified atom stereocenters. The molecule has 27 heavy (non-hydrogen) atoms. The summed E-state index contributed by atoms with van der Waals surface area (Å²) in [5, 5.41) is 4.27. The molecule has 0 spiro atoms. The Hall–Kier alpha value is -2.93. The maximum absolute atomic E-state index is 13.1. The number of aryl methyl sites for hydroxylation is 1. The Morgan fingerprint density at radius 3 is 2.74 bits per heavy atom. The minimum Gasteiger partial charge on any atom is -0.337 e. The van der Waals surface area contributed by atoms with Crippen LogP contribution in [0.25, 0.3) is 0 Å². The summed E-state index contributed by atoms with van der Waals surface area (Å²) in [4.78, 5) is 21.8. The van der Waals surface area contributed by atoms with E-state index >= 15 is 0 Å². The lowest BCUT2D eigenvalue weighted by Gasteiger charge is -2.38. The molecule has 0 saturated carbocycles. The quantitative estimate of drug-likeness (QED) is 0.709. The molecule has 7 heteroatoms. The van der Waals surface area contributed by atoms with Gasteiger partial charge in [-0.3, -0.25) is 19.4 Å². The first-order valence-corrected chi connectivity index (χ1v) is 9.25. The van der Waals surface area contributed by atoms with Crippen LogP contribution in [-0.4, -0.2) is 54.2 Å². The van der Waals surface area contributed by atoms with E-state index in [2.05, 4.69) is 25.7 Å². The fourth-order valence-corrected chi connectivity index (χ4v) is 4.41. The molecular formula is C20H22N6O. The lowest BCUT2D eigenvalue weighted by molar-refractivity contribution is 0.0556. The van der Waals surface area contributed by atoms with Gasteiger partial charge in [0.05, 0.1) is 18.3 Å². The molecule has 3 aromatic rings. The molecular weight excluding hydrogens is 340 g/mol. The zero-order chi connectivity index (χ0) is 18.4. The van der Waals surface area contributed by atoms with E-state index in [9.17, 15) is 4.79 Å². The van der Waals surface area contributed by atoms with Gasteiger partial charge in [-0.15, -0.1) is 0 Å². The van der Waals surface area contributed by atoms with Crippen LogP contribution in [0.4, 0.5) is 0 Å². The summed E-state index contributed by atoms with van der Waals surface area (Å²) in [6.45, 7) is 3.24. The molecule has 7 nitrogen and oxygen atoms in total. The van der Waals surface area contributed by atoms with Crippen LogP contribution in [0.5, 0.6) is 0 Å². The van der Waals surface area contributed by atoms with E-state index in [4.69, 9.17) is 0 Å². The third-order valence-corrected chi connectivity index (χ3v) is 5.59. The number of pyridine rings is 1. The first kappa shape index (κ1) is 16.3. The van der Waals surface area contributed by atoms with Crippen molar-refractivity contribution in [1.82, 2.24) is 29.1 Å². The van der Waals surface area contributed by atoms with Gasteiger partial charge >= 0.3 is 0 Å². The lowest BCUT2D eigenvalue weighted by atomic mass is 10.0. The Kier molecular flexibility index (Phi) is 3.82. The second-order valence-corrected chi connectivity index (χ2v) is 7.45. The first-order valence-electron chi connectivity index (χ1n) is 9.25. The van der Waals surface area contributed by atoms with Gasteiger partial charge in [-0.2, -0.15) is 5.10 Å². The predicted octanol–water partition coefficient (Wildman–Crippen LogP) is 1.70. The zero-order valence-corrected chi connectivity index (χ0v) is 15.3. The fourth-order valence-electron chi connectivity index (χ4n) is 4.41. The van der Waals surface area contributed by atoms with Crippen LogP contribution in [0.3, 0.4) is 0 Å². The van der Waals surface area contributed by atoms with Crippen LogP contribution in [0.15, 0.2) is 55.2 Å². The summed E-state index contributed by atoms with van der Waals surface area (Å²) < 4.78 is 4.00. The highest BCUT2D eigenvalue weighted by molar-refractivity contribution is 5.94. The highest BCUT2D eigenvalue weighted by Crippen LogP contribution is 2.35. The number of hydrogen-bond donors (Lipinski definition) is 0. The van der Waals surface area contributed by atoms with Gasteiger partial charge in [0.2, 0.25) is 0 Å². The van der Waals surface area contributed by atoms with Crippen molar-refractivity contribution in [2.45, 2.75) is 25.2 Å². The van der Waals surface area contributed by atoms with Gasteiger partial charge in [0.15, 0.2) is 0 Å². The van der Waals surface area contributed by atoms with Crippen LogP contribution in [-0.2, 0) is 20.1 Å². The monoisotopic (exact) mass is 362 g/mol. The summed E-state index contributed by atoms with van der Waals surface area (Å²) >= 11 is 0. The molecule has 2 atom stereocenters. The molecule has 5 heterocycles. The van der Waals surface area contributed by atoms with E-state index in [-0.39, 0.29) is 18.0 Å². The summed E-state index contributed by atoms with van der Waals surface area (Å²) in [6.07, 6.45) is 9.63. The largest absolute Gasteiger partial charge is 0.337 e. The van der Waals surface area contributed by atoms with E-state index in [1.54, 1.807) is 6.20 Å². The number of hydrogen-bond acceptors (Lipinski definition) is 4. The number of carbonyl (C=O) groups excluding carboxylic acids is 1. The Morgan fingerprint density at radius 2 is 1.96 bits per heavy atom. The van der Waals surface area contributed by atoms with E-state index in [0.717, 1.165) is 30.9 Å². The number of rotatable bonds is 4. The SMILES string of the molecule is Cn1cc(CN2C[C@@H]3[C@@H](C2)n2cccc2C(=O)N3Cc2cccnc2)cn1. The Bertz CT molecular complexity index is 962. The molecule has 0 bridgehead atoms. The number of amides is 1. The molecule has 2 aliphatic rings. The lowest BCUT2D eigenvalue weighted by Crippen LogP contribution is -2.49. The van der Waals surface area contributed by atoms with Gasteiger partial charge in [0.25, 0.3) is 5.91 Å². The Labute approximate surface area is 157 Å². The zero-order valence-electron chi connectivity index (χ0n) is 15.3. The highest BCUT2D eigenvalue weighted by atomic mass is 16.2. The first-order chi connectivity index (χ1) is 13.2. The predicted molar refractivity (Wildman–Crippen MR) is 99.9 cm³/mol. The average molecular weight is 362 g/mol. The number of carbonyl (C=O) groups is 1. The summed E-state index contributed by atoms with van der Waals surface area (Å²) in [7, 11) is 1.94. The molecule has 0 N–H and O–H groups in total. The van der Waals surface area contributed by atoms with Gasteiger partial charge in [0.1, 0.15) is 5.69 Å². The molecule has 3 aromatic heterocycles. The standard InChI is InChI=1S/C20H22N6O/c1-23-10-16(9-22-23)11-24-13-18-19(14-24)26(12-15-4-2-6-21-8-15)20(27)17-5-3-7-25(17)18/h2-10,18-19H,11-14H2,1H3/t18-,19-/m1/s1. The van der Waals surface area contributed by atoms with Crippen LogP contribution in [0.2, 0.25) is 0 Å². The minimum atomic E-state index is 0.105. The third kappa shape index (κ3) is 2.84. The molecule has 1 fully saturated rings.